The van der Waals surface area contributed by atoms with Gasteiger partial charge in [0.25, 0.3) is 20.0 Å². The molecule has 3 aromatic carbocycles. The Hall–Kier alpha value is -4.91. The number of carbonyl (C=O) groups excluding carboxylic acids is 1. The zero-order valence-corrected chi connectivity index (χ0v) is 34.8. The van der Waals surface area contributed by atoms with Crippen LogP contribution in [0.2, 0.25) is 0 Å². The molecule has 3 heterocycles. The van der Waals surface area contributed by atoms with Crippen molar-refractivity contribution in [3.8, 4) is 17.6 Å². The Balaban J connectivity index is 1.57. The van der Waals surface area contributed by atoms with Crippen LogP contribution in [0.4, 0.5) is 0 Å². The van der Waals surface area contributed by atoms with Gasteiger partial charge in [-0.25, -0.2) is 14.5 Å². The van der Waals surface area contributed by atoms with E-state index < -0.39 is 61.9 Å². The van der Waals surface area contributed by atoms with E-state index in [2.05, 4.69) is 11.1 Å². The van der Waals surface area contributed by atoms with Crippen LogP contribution in [0.25, 0.3) is 0 Å². The number of likely N-dealkylation sites (N-methyl/N-ethyl adjacent to an activating group) is 1. The molecule has 2 aliphatic rings. The molecule has 2 unspecified atom stereocenters. The summed E-state index contributed by atoms with van der Waals surface area (Å²) >= 11 is 0. The van der Waals surface area contributed by atoms with Gasteiger partial charge in [-0.3, -0.25) is 24.0 Å². The number of hydrogen-bond donors (Lipinski definition) is 1. The van der Waals surface area contributed by atoms with E-state index in [0.29, 0.717) is 22.6 Å². The Morgan fingerprint density at radius 2 is 1.48 bits per heavy atom. The lowest BCUT2D eigenvalue weighted by Gasteiger charge is -2.45. The van der Waals surface area contributed by atoms with Gasteiger partial charge in [-0.2, -0.15) is 5.26 Å². The van der Waals surface area contributed by atoms with E-state index in [1.165, 1.54) is 17.8 Å². The molecule has 4 aromatic rings. The summed E-state index contributed by atoms with van der Waals surface area (Å²) in [6.45, 7) is 9.18. The van der Waals surface area contributed by atoms with E-state index in [0.717, 1.165) is 10.6 Å². The molecule has 0 saturated carbocycles. The molecule has 2 bridgehead atoms. The quantitative estimate of drug-likeness (QED) is 0.0801. The monoisotopic (exact) mass is 815 g/mol. The Bertz CT molecular complexity index is 2140. The lowest BCUT2D eigenvalue weighted by atomic mass is 9.79. The summed E-state index contributed by atoms with van der Waals surface area (Å²) in [5.74, 6) is 0.624. The number of hydrogen-bond acceptors (Lipinski definition) is 12. The number of aryl methyl sites for hydroxylation is 1. The van der Waals surface area contributed by atoms with Crippen molar-refractivity contribution in [2.75, 3.05) is 34.5 Å². The van der Waals surface area contributed by atoms with Crippen LogP contribution in [0.15, 0.2) is 94.6 Å². The van der Waals surface area contributed by atoms with E-state index in [1.54, 1.807) is 21.1 Å². The molecule has 308 valence electrons. The van der Waals surface area contributed by atoms with Crippen LogP contribution in [-0.2, 0) is 33.8 Å². The number of H-pyrrole nitrogens is 1. The fourth-order valence-corrected chi connectivity index (χ4v) is 9.32. The van der Waals surface area contributed by atoms with Crippen molar-refractivity contribution < 1.29 is 37.6 Å². The second kappa shape index (κ2) is 17.9. The molecule has 0 spiro atoms. The third-order valence-electron chi connectivity index (χ3n) is 10.3. The van der Waals surface area contributed by atoms with Gasteiger partial charge in [-0.1, -0.05) is 54.6 Å². The molecule has 2 aliphatic heterocycles. The standard InChI is InChI=1S/C42H50N5O10P/c1-27(2)47(28(3)4)58(54-24-12-23-43)57-36-35-38(46-25-29(5)37(48)44-40(46)50)55-41(36,39(49)45(6)56-35)26-53-42(30-13-10-9-11-14-30,31-15-19-33(51-7)20-16-31)32-17-21-34(52-8)22-18-32/h9-11,13-22,25,27-28,35-36,38H,12,24,26H2,1-8H3,(H,44,48,50)/t35-,36?,38+,41+,58?/m0/s1. The number of rotatable bonds is 17. The Kier molecular flexibility index (Phi) is 13.2. The highest BCUT2D eigenvalue weighted by Crippen LogP contribution is 2.55. The second-order valence-electron chi connectivity index (χ2n) is 14.6. The van der Waals surface area contributed by atoms with Crippen molar-refractivity contribution in [3.63, 3.8) is 0 Å². The van der Waals surface area contributed by atoms with Gasteiger partial charge in [0.05, 0.1) is 39.9 Å². The number of methoxy groups -OCH3 is 2. The average Bonchev–Trinajstić information content (AvgIpc) is 3.46. The van der Waals surface area contributed by atoms with E-state index in [1.807, 2.05) is 111 Å². The van der Waals surface area contributed by atoms with E-state index in [9.17, 15) is 19.6 Å². The number of benzene rings is 3. The summed E-state index contributed by atoms with van der Waals surface area (Å²) in [5, 5.41) is 10.5. The zero-order valence-electron chi connectivity index (χ0n) is 33.9. The normalized spacial score (nSPS) is 21.1. The average molecular weight is 816 g/mol. The van der Waals surface area contributed by atoms with Crippen LogP contribution in [0, 0.1) is 18.3 Å². The number of nitrogens with one attached hydrogen (secondary N) is 1. The van der Waals surface area contributed by atoms with Gasteiger partial charge in [0.15, 0.2) is 12.3 Å². The summed E-state index contributed by atoms with van der Waals surface area (Å²) < 4.78 is 41.7. The summed E-state index contributed by atoms with van der Waals surface area (Å²) in [6.07, 6.45) is -2.18. The Morgan fingerprint density at radius 3 is 2.02 bits per heavy atom. The number of nitriles is 1. The fraction of sp³-hybridized carbons (Fsp3) is 0.429. The van der Waals surface area contributed by atoms with Crippen LogP contribution in [0.5, 0.6) is 11.5 Å². The molecule has 2 saturated heterocycles. The van der Waals surface area contributed by atoms with Gasteiger partial charge in [0.1, 0.15) is 23.2 Å². The van der Waals surface area contributed by atoms with Gasteiger partial charge in [0.2, 0.25) is 5.60 Å². The van der Waals surface area contributed by atoms with Crippen LogP contribution in [0.1, 0.15) is 62.6 Å². The second-order valence-corrected chi connectivity index (χ2v) is 16.0. The number of hydroxylamine groups is 2. The maximum atomic E-state index is 14.9. The Morgan fingerprint density at radius 1 is 0.914 bits per heavy atom. The third-order valence-corrected chi connectivity index (χ3v) is 12.4. The highest BCUT2D eigenvalue weighted by Gasteiger charge is 2.69. The highest BCUT2D eigenvalue weighted by atomic mass is 31.2. The van der Waals surface area contributed by atoms with Gasteiger partial charge >= 0.3 is 5.69 Å². The number of fused-ring (bicyclic) bond motifs is 2. The first-order chi connectivity index (χ1) is 27.8. The number of nitrogens with zero attached hydrogens (tertiary/aromatic N) is 4. The van der Waals surface area contributed by atoms with Gasteiger partial charge < -0.3 is 28.0 Å². The largest absolute Gasteiger partial charge is 0.497 e. The smallest absolute Gasteiger partial charge is 0.330 e. The number of aromatic nitrogens is 2. The van der Waals surface area contributed by atoms with Crippen molar-refractivity contribution in [3.05, 3.63) is 128 Å². The number of aromatic amines is 1. The summed E-state index contributed by atoms with van der Waals surface area (Å²) in [4.78, 5) is 49.6. The first-order valence-electron chi connectivity index (χ1n) is 19.0. The SMILES string of the molecule is COc1ccc(C(OC[C@]23O[C@@H](n4cc(C)c(=O)[nH]c4=O)[C@@H](ON(C)C2=O)C3OP(OCCC#N)N(C(C)C)C(C)C)(c2ccccc2)c2ccc(OC)cc2)cc1. The first-order valence-corrected chi connectivity index (χ1v) is 20.1. The van der Waals surface area contributed by atoms with Crippen LogP contribution in [-0.4, -0.2) is 89.6 Å². The van der Waals surface area contributed by atoms with Gasteiger partial charge in [-0.05, 0) is 75.6 Å². The Labute approximate surface area is 338 Å². The molecule has 1 aromatic heterocycles. The summed E-state index contributed by atoms with van der Waals surface area (Å²) in [7, 11) is 2.66. The zero-order chi connectivity index (χ0) is 41.8. The molecule has 6 rings (SSSR count). The van der Waals surface area contributed by atoms with Gasteiger partial charge in [0, 0.05) is 30.9 Å². The summed E-state index contributed by atoms with van der Waals surface area (Å²) in [5.41, 5.74) is -2.29. The fourth-order valence-electron chi connectivity index (χ4n) is 7.54. The first kappa shape index (κ1) is 42.7. The number of ether oxygens (including phenoxy) is 4. The molecular formula is C42H50N5O10P. The molecule has 1 amide bonds. The summed E-state index contributed by atoms with van der Waals surface area (Å²) in [6, 6.07) is 26.4. The number of carbonyl (C=O) groups is 1. The minimum absolute atomic E-state index is 0.0582. The minimum atomic E-state index is -1.98. The molecule has 0 radical (unpaired) electrons. The van der Waals surface area contributed by atoms with Crippen LogP contribution < -0.4 is 20.7 Å². The van der Waals surface area contributed by atoms with Crippen molar-refractivity contribution in [2.45, 2.75) is 82.8 Å². The van der Waals surface area contributed by atoms with Gasteiger partial charge in [-0.15, -0.1) is 0 Å². The maximum Gasteiger partial charge on any atom is 0.330 e. The lowest BCUT2D eigenvalue weighted by molar-refractivity contribution is -0.246. The minimum Gasteiger partial charge on any atom is -0.497 e. The lowest BCUT2D eigenvalue weighted by Crippen LogP contribution is -2.64. The van der Waals surface area contributed by atoms with Crippen LogP contribution in [0.3, 0.4) is 0 Å². The molecular weight excluding hydrogens is 765 g/mol. The molecule has 58 heavy (non-hydrogen) atoms. The van der Waals surface area contributed by atoms with E-state index in [4.69, 9.17) is 32.8 Å². The highest BCUT2D eigenvalue weighted by molar-refractivity contribution is 7.44. The predicted molar refractivity (Wildman–Crippen MR) is 215 cm³/mol. The molecule has 16 heteroatoms. The van der Waals surface area contributed by atoms with E-state index >= 15 is 0 Å². The molecule has 0 aliphatic carbocycles. The predicted octanol–water partition coefficient (Wildman–Crippen LogP) is 5.57. The van der Waals surface area contributed by atoms with E-state index in [-0.39, 0.29) is 30.7 Å². The van der Waals surface area contributed by atoms with Crippen molar-refractivity contribution in [1.29, 1.82) is 5.26 Å². The van der Waals surface area contributed by atoms with Crippen molar-refractivity contribution >= 4 is 14.4 Å². The number of amides is 1. The van der Waals surface area contributed by atoms with Crippen molar-refractivity contribution in [1.82, 2.24) is 19.3 Å². The molecule has 1 N–H and O–H groups in total. The van der Waals surface area contributed by atoms with Crippen molar-refractivity contribution in [2.24, 2.45) is 0 Å². The molecule has 15 nitrogen and oxygen atoms in total. The third kappa shape index (κ3) is 8.06. The molecule has 2 fully saturated rings. The van der Waals surface area contributed by atoms with Crippen LogP contribution >= 0.6 is 8.53 Å². The molecule has 5 atom stereocenters. The maximum absolute atomic E-state index is 14.9. The topological polar surface area (TPSA) is 167 Å².